The molecule has 0 heterocycles. The number of rotatable bonds is 1. The molecule has 0 aromatic heterocycles. The van der Waals surface area contributed by atoms with Gasteiger partial charge in [0.25, 0.3) is 0 Å². The van der Waals surface area contributed by atoms with Gasteiger partial charge in [-0.15, -0.1) is 0 Å². The van der Waals surface area contributed by atoms with Crippen molar-refractivity contribution in [2.75, 3.05) is 0 Å². The van der Waals surface area contributed by atoms with E-state index in [0.29, 0.717) is 0 Å². The summed E-state index contributed by atoms with van der Waals surface area (Å²) in [6, 6.07) is 0. The fourth-order valence-corrected chi connectivity index (χ4v) is 0. The van der Waals surface area contributed by atoms with Crippen LogP contribution in [0.5, 0.6) is 0 Å². The van der Waals surface area contributed by atoms with Gasteiger partial charge in [0.15, 0.2) is 0 Å². The Morgan fingerprint density at radius 3 is 0.765 bits per heavy atom. The second kappa shape index (κ2) is 11.1. The zero-order chi connectivity index (χ0) is 14.2. The fourth-order valence-electron chi connectivity index (χ4n) is 0. The molecule has 0 unspecified atom stereocenters. The summed E-state index contributed by atoms with van der Waals surface area (Å²) < 4.78 is 91.1. The van der Waals surface area contributed by atoms with Gasteiger partial charge in [0.2, 0.25) is 0 Å². The summed E-state index contributed by atoms with van der Waals surface area (Å²) in [5.41, 5.74) is 0. The summed E-state index contributed by atoms with van der Waals surface area (Å²) in [5, 5.41) is 7.06. The Kier molecular flexibility index (Phi) is 17.4. The molecule has 6 N–H and O–H groups in total. The van der Waals surface area contributed by atoms with E-state index >= 15 is 0 Å². The Bertz CT molecular complexity index is 406. The maximum atomic E-state index is 9.08. The van der Waals surface area contributed by atoms with Gasteiger partial charge >= 0.3 is 84.0 Å². The zero-order valence-electron chi connectivity index (χ0n) is 7.77. The van der Waals surface area contributed by atoms with Gasteiger partial charge in [-0.3, -0.25) is 22.8 Å². The van der Waals surface area contributed by atoms with Gasteiger partial charge in [-0.2, -0.15) is 25.3 Å². The first-order valence-corrected chi connectivity index (χ1v) is 6.42. The van der Waals surface area contributed by atoms with Gasteiger partial charge in [-0.05, 0) is 0 Å². The molecular formula is H8KO13S3+. The number of hydrogen-bond donors (Lipinski definition) is 6. The molecule has 0 aliphatic carbocycles. The van der Waals surface area contributed by atoms with Crippen molar-refractivity contribution >= 4 is 82.6 Å². The van der Waals surface area contributed by atoms with Crippen LogP contribution in [0.25, 0.3) is 0 Å². The Balaban J connectivity index is -0.0000000447. The summed E-state index contributed by atoms with van der Waals surface area (Å²) >= 11 is 0. The summed E-state index contributed by atoms with van der Waals surface area (Å²) in [4.78, 5) is 0. The van der Waals surface area contributed by atoms with E-state index in [1.54, 1.807) is 0 Å². The molecule has 0 spiro atoms. The first kappa shape index (κ1) is 26.7. The Labute approximate surface area is 140 Å². The van der Waals surface area contributed by atoms with Gasteiger partial charge in [-0.25, -0.2) is 5.26 Å². The normalized spacial score (nSPS) is 10.9. The van der Waals surface area contributed by atoms with E-state index in [1.807, 2.05) is 0 Å². The second-order valence-electron chi connectivity index (χ2n) is 1.40. The molecule has 0 aromatic rings. The zero-order valence-corrected chi connectivity index (χ0v) is 9.22. The maximum absolute atomic E-state index is 9.08. The third-order valence-corrected chi connectivity index (χ3v) is 0.283. The van der Waals surface area contributed by atoms with Crippen LogP contribution >= 0.6 is 0 Å². The summed E-state index contributed by atoms with van der Waals surface area (Å²) in [6.45, 7) is 0. The molecule has 0 saturated heterocycles. The van der Waals surface area contributed by atoms with E-state index in [1.165, 1.54) is 0 Å². The molecule has 0 amide bonds. The standard InChI is InChI=1S/K.H2O5S.2H2O4S.H/c;1-5-6(2,3)4;2*1-5(2,3)4;/h;1H,(H,2,3,4);2*(H2,1,2,3,4);/p+1. The monoisotopic (exact) mass is 351 g/mol. The van der Waals surface area contributed by atoms with Crippen molar-refractivity contribution in [1.29, 1.82) is 0 Å². The van der Waals surface area contributed by atoms with Crippen LogP contribution < -0.4 is 0 Å². The number of hydrogen-bond acceptors (Lipinski definition) is 8. The second-order valence-corrected chi connectivity index (χ2v) is 4.19. The molecule has 0 bridgehead atoms. The van der Waals surface area contributed by atoms with Crippen molar-refractivity contribution < 1.29 is 59.0 Å². The van der Waals surface area contributed by atoms with Crippen LogP contribution in [-0.4, -0.2) is 105 Å². The molecule has 0 fully saturated rings. The first-order chi connectivity index (χ1) is 6.56. The van der Waals surface area contributed by atoms with Gasteiger partial charge in [-0.1, -0.05) is 4.33 Å². The van der Waals surface area contributed by atoms with Crippen LogP contribution in [0.2, 0.25) is 0 Å². The van der Waals surface area contributed by atoms with Crippen LogP contribution in [0.4, 0.5) is 0 Å². The van der Waals surface area contributed by atoms with E-state index in [-0.39, 0.29) is 52.8 Å². The first-order valence-electron chi connectivity index (χ1n) is 2.26. The Morgan fingerprint density at radius 2 is 0.765 bits per heavy atom. The van der Waals surface area contributed by atoms with Crippen molar-refractivity contribution in [1.82, 2.24) is 0 Å². The molecule has 0 saturated carbocycles. The molecule has 0 radical (unpaired) electrons. The van der Waals surface area contributed by atoms with Crippen molar-refractivity contribution in [3.63, 3.8) is 0 Å². The average molecular weight is 351 g/mol. The molecule has 0 aliphatic heterocycles. The molecule has 0 rings (SSSR count). The summed E-state index contributed by atoms with van der Waals surface area (Å²) in [7, 11) is -13.9. The molecule has 13 nitrogen and oxygen atoms in total. The van der Waals surface area contributed by atoms with Crippen molar-refractivity contribution in [3.05, 3.63) is 0 Å². The van der Waals surface area contributed by atoms with Crippen molar-refractivity contribution in [3.8, 4) is 0 Å². The third-order valence-electron chi connectivity index (χ3n) is 0.0942. The fraction of sp³-hybridized carbons (Fsp3) is 0. The topological polar surface area (TPSA) is 233 Å². The Hall–Kier alpha value is 1.21. The van der Waals surface area contributed by atoms with E-state index in [9.17, 15) is 0 Å². The summed E-state index contributed by atoms with van der Waals surface area (Å²) in [6.07, 6.45) is 0. The van der Waals surface area contributed by atoms with Crippen molar-refractivity contribution in [2.24, 2.45) is 0 Å². The molecule has 0 aliphatic rings. The molecule has 0 atom stereocenters. The average Bonchev–Trinajstić information content (AvgIpc) is 1.77. The van der Waals surface area contributed by atoms with Crippen LogP contribution in [0.15, 0.2) is 0 Å². The SMILES string of the molecule is O=S(=O)(O)O.O=S(=O)(O)O.O=S(=O)(O)OO.[H+].[KH]. The quantitative estimate of drug-likeness (QED) is 0.123. The van der Waals surface area contributed by atoms with Crippen LogP contribution in [0.3, 0.4) is 0 Å². The van der Waals surface area contributed by atoms with E-state index in [0.717, 1.165) is 0 Å². The Morgan fingerprint density at radius 1 is 0.706 bits per heavy atom. The van der Waals surface area contributed by atoms with E-state index in [4.69, 9.17) is 53.3 Å². The van der Waals surface area contributed by atoms with Crippen molar-refractivity contribution in [2.45, 2.75) is 0 Å². The van der Waals surface area contributed by atoms with Crippen LogP contribution in [0.1, 0.15) is 1.43 Å². The third kappa shape index (κ3) is 225. The van der Waals surface area contributed by atoms with E-state index < -0.39 is 31.2 Å². The minimum absolute atomic E-state index is 0. The van der Waals surface area contributed by atoms with E-state index in [2.05, 4.69) is 4.33 Å². The van der Waals surface area contributed by atoms with Gasteiger partial charge in [0, 0.05) is 0 Å². The predicted molar refractivity (Wildman–Crippen MR) is 51.9 cm³/mol. The van der Waals surface area contributed by atoms with Gasteiger partial charge < -0.3 is 0 Å². The molecular weight excluding hydrogens is 343 g/mol. The van der Waals surface area contributed by atoms with Crippen LogP contribution in [0, 0.1) is 0 Å². The molecule has 104 valence electrons. The van der Waals surface area contributed by atoms with Gasteiger partial charge in [0.05, 0.1) is 0 Å². The molecule has 0 aromatic carbocycles. The summed E-state index contributed by atoms with van der Waals surface area (Å²) in [5.74, 6) is 0. The predicted octanol–water partition coefficient (Wildman–Crippen LogP) is -2.56. The molecule has 17 heteroatoms. The van der Waals surface area contributed by atoms with Gasteiger partial charge in [0.1, 0.15) is 0 Å². The molecule has 17 heavy (non-hydrogen) atoms. The van der Waals surface area contributed by atoms with Crippen LogP contribution in [-0.2, 0) is 35.5 Å². The minimum atomic E-state index is -4.67.